The van der Waals surface area contributed by atoms with E-state index >= 15 is 0 Å². The van der Waals surface area contributed by atoms with Crippen LogP contribution in [0.3, 0.4) is 0 Å². The van der Waals surface area contributed by atoms with Crippen molar-refractivity contribution in [1.29, 1.82) is 0 Å². The standard InChI is InChI=1S/C27H41N3O9/c1-19(2)22(31)37-16-10-7-13-28-25(34)29(14-8-11-17-38-23(32)20(3)4)27(36)30(26(28)35)15-9-12-18-39-24(33)21(5)6/h21H,1,3,7-18H2,2,4-6H3. The van der Waals surface area contributed by atoms with E-state index in [1.807, 2.05) is 0 Å². The molecule has 0 saturated heterocycles. The minimum Gasteiger partial charge on any atom is -0.465 e. The van der Waals surface area contributed by atoms with Crippen molar-refractivity contribution < 1.29 is 28.6 Å². The molecule has 1 aromatic heterocycles. The highest BCUT2D eigenvalue weighted by Crippen LogP contribution is 2.01. The van der Waals surface area contributed by atoms with Crippen LogP contribution in [-0.2, 0) is 48.2 Å². The molecule has 0 fully saturated rings. The van der Waals surface area contributed by atoms with Crippen molar-refractivity contribution in [3.8, 4) is 0 Å². The zero-order valence-electron chi connectivity index (χ0n) is 23.5. The monoisotopic (exact) mass is 551 g/mol. The van der Waals surface area contributed by atoms with Crippen molar-refractivity contribution >= 4 is 17.9 Å². The smallest absolute Gasteiger partial charge is 0.336 e. The third-order valence-electron chi connectivity index (χ3n) is 5.59. The van der Waals surface area contributed by atoms with Gasteiger partial charge in [-0.2, -0.15) is 0 Å². The number of hydrogen-bond donors (Lipinski definition) is 0. The van der Waals surface area contributed by atoms with Gasteiger partial charge >= 0.3 is 35.0 Å². The quantitative estimate of drug-likeness (QED) is 0.116. The van der Waals surface area contributed by atoms with Gasteiger partial charge in [-0.1, -0.05) is 27.0 Å². The Morgan fingerprint density at radius 3 is 1.21 bits per heavy atom. The fourth-order valence-corrected chi connectivity index (χ4v) is 3.29. The number of carbonyl (C=O) groups excluding carboxylic acids is 3. The van der Waals surface area contributed by atoms with Crippen LogP contribution >= 0.6 is 0 Å². The molecule has 0 saturated carbocycles. The summed E-state index contributed by atoms with van der Waals surface area (Å²) in [5.41, 5.74) is -1.64. The number of unbranched alkanes of at least 4 members (excludes halogenated alkanes) is 3. The Labute approximate surface area is 227 Å². The number of rotatable bonds is 18. The fraction of sp³-hybridized carbons (Fsp3) is 0.630. The molecular formula is C27H41N3O9. The molecule has 0 radical (unpaired) electrons. The summed E-state index contributed by atoms with van der Waals surface area (Å²) >= 11 is 0. The Hall–Kier alpha value is -3.70. The number of nitrogens with zero attached hydrogens (tertiary/aromatic N) is 3. The van der Waals surface area contributed by atoms with Gasteiger partial charge in [0.25, 0.3) is 0 Å². The lowest BCUT2D eigenvalue weighted by molar-refractivity contribution is -0.147. The van der Waals surface area contributed by atoms with Crippen LogP contribution in [-0.4, -0.2) is 51.4 Å². The van der Waals surface area contributed by atoms with Gasteiger partial charge in [0, 0.05) is 30.8 Å². The molecule has 0 unspecified atom stereocenters. The third-order valence-corrected chi connectivity index (χ3v) is 5.59. The fourth-order valence-electron chi connectivity index (χ4n) is 3.29. The van der Waals surface area contributed by atoms with Gasteiger partial charge in [0.05, 0.1) is 25.7 Å². The van der Waals surface area contributed by atoms with Crippen LogP contribution in [0.15, 0.2) is 38.7 Å². The average molecular weight is 552 g/mol. The topological polar surface area (TPSA) is 145 Å². The summed E-state index contributed by atoms with van der Waals surface area (Å²) in [6, 6.07) is 0. The number of carbonyl (C=O) groups is 3. The Morgan fingerprint density at radius 2 is 0.923 bits per heavy atom. The first-order valence-corrected chi connectivity index (χ1v) is 13.1. The van der Waals surface area contributed by atoms with Crippen molar-refractivity contribution in [3.05, 3.63) is 55.8 Å². The van der Waals surface area contributed by atoms with E-state index in [-0.39, 0.29) is 62.5 Å². The van der Waals surface area contributed by atoms with Crippen molar-refractivity contribution in [3.63, 3.8) is 0 Å². The van der Waals surface area contributed by atoms with Crippen LogP contribution in [0.25, 0.3) is 0 Å². The molecule has 1 heterocycles. The second-order valence-electron chi connectivity index (χ2n) is 9.58. The minimum absolute atomic E-state index is 0.0325. The molecule has 218 valence electrons. The molecule has 0 aliphatic heterocycles. The van der Waals surface area contributed by atoms with Crippen LogP contribution < -0.4 is 17.1 Å². The summed E-state index contributed by atoms with van der Waals surface area (Å²) in [6.45, 7) is 14.0. The SMILES string of the molecule is C=C(C)C(=O)OCCCCn1c(=O)n(CCCCOC(=O)C(=C)C)c(=O)n(CCCCOC(=O)C(C)C)c1=O. The highest BCUT2D eigenvalue weighted by Gasteiger charge is 2.16. The molecule has 0 amide bonds. The van der Waals surface area contributed by atoms with Gasteiger partial charge in [0.15, 0.2) is 0 Å². The zero-order chi connectivity index (χ0) is 29.5. The normalized spacial score (nSPS) is 10.8. The lowest BCUT2D eigenvalue weighted by Gasteiger charge is -2.14. The minimum atomic E-state index is -0.732. The predicted octanol–water partition coefficient (Wildman–Crippen LogP) is 1.95. The van der Waals surface area contributed by atoms with Crippen LogP contribution in [0.2, 0.25) is 0 Å². The van der Waals surface area contributed by atoms with Crippen LogP contribution in [0, 0.1) is 5.92 Å². The molecule has 12 nitrogen and oxygen atoms in total. The first-order chi connectivity index (χ1) is 18.4. The average Bonchev–Trinajstić information content (AvgIpc) is 2.87. The predicted molar refractivity (Wildman–Crippen MR) is 144 cm³/mol. The van der Waals surface area contributed by atoms with Gasteiger partial charge in [-0.25, -0.2) is 37.7 Å². The number of esters is 3. The van der Waals surface area contributed by atoms with E-state index in [2.05, 4.69) is 13.2 Å². The number of ether oxygens (including phenoxy) is 3. The Morgan fingerprint density at radius 1 is 0.615 bits per heavy atom. The van der Waals surface area contributed by atoms with Crippen molar-refractivity contribution in [2.75, 3.05) is 19.8 Å². The van der Waals surface area contributed by atoms with E-state index in [4.69, 9.17) is 14.2 Å². The maximum atomic E-state index is 13.1. The number of aromatic nitrogens is 3. The van der Waals surface area contributed by atoms with E-state index < -0.39 is 29.0 Å². The highest BCUT2D eigenvalue weighted by molar-refractivity contribution is 5.87. The summed E-state index contributed by atoms with van der Waals surface area (Å²) in [4.78, 5) is 73.8. The summed E-state index contributed by atoms with van der Waals surface area (Å²) in [5, 5.41) is 0. The molecule has 0 spiro atoms. The van der Waals surface area contributed by atoms with Gasteiger partial charge in [-0.05, 0) is 52.4 Å². The lowest BCUT2D eigenvalue weighted by Crippen LogP contribution is -2.54. The summed E-state index contributed by atoms with van der Waals surface area (Å²) in [7, 11) is 0. The van der Waals surface area contributed by atoms with Crippen molar-refractivity contribution in [2.45, 2.75) is 85.9 Å². The molecule has 0 N–H and O–H groups in total. The Kier molecular flexibility index (Phi) is 14.5. The first-order valence-electron chi connectivity index (χ1n) is 13.1. The molecule has 1 rings (SSSR count). The molecule has 39 heavy (non-hydrogen) atoms. The highest BCUT2D eigenvalue weighted by atomic mass is 16.5. The third kappa shape index (κ3) is 11.3. The maximum Gasteiger partial charge on any atom is 0.336 e. The van der Waals surface area contributed by atoms with Gasteiger partial charge in [-0.15, -0.1) is 0 Å². The van der Waals surface area contributed by atoms with Gasteiger partial charge in [0.2, 0.25) is 0 Å². The second kappa shape index (κ2) is 17.0. The van der Waals surface area contributed by atoms with Gasteiger partial charge in [-0.3, -0.25) is 4.79 Å². The summed E-state index contributed by atoms with van der Waals surface area (Å²) < 4.78 is 18.2. The second-order valence-corrected chi connectivity index (χ2v) is 9.58. The molecule has 0 bridgehead atoms. The van der Waals surface area contributed by atoms with Gasteiger partial charge in [0.1, 0.15) is 0 Å². The van der Waals surface area contributed by atoms with Crippen LogP contribution in [0.4, 0.5) is 0 Å². The lowest BCUT2D eigenvalue weighted by atomic mass is 10.2. The van der Waals surface area contributed by atoms with E-state index in [1.54, 1.807) is 13.8 Å². The molecule has 0 aromatic carbocycles. The zero-order valence-corrected chi connectivity index (χ0v) is 23.5. The molecule has 0 aliphatic rings. The Bertz CT molecular complexity index is 1130. The molecule has 0 atom stereocenters. The van der Waals surface area contributed by atoms with Crippen LogP contribution in [0.1, 0.15) is 66.2 Å². The molecular weight excluding hydrogens is 510 g/mol. The molecule has 12 heteroatoms. The van der Waals surface area contributed by atoms with E-state index in [0.29, 0.717) is 38.5 Å². The van der Waals surface area contributed by atoms with E-state index in [9.17, 15) is 28.8 Å². The number of hydrogen-bond acceptors (Lipinski definition) is 9. The maximum absolute atomic E-state index is 13.1. The van der Waals surface area contributed by atoms with E-state index in [0.717, 1.165) is 13.7 Å². The largest absolute Gasteiger partial charge is 0.465 e. The van der Waals surface area contributed by atoms with Crippen LogP contribution in [0.5, 0.6) is 0 Å². The summed E-state index contributed by atoms with van der Waals surface area (Å²) in [6.07, 6.45) is 2.34. The molecule has 0 aliphatic carbocycles. The van der Waals surface area contributed by atoms with Gasteiger partial charge < -0.3 is 14.2 Å². The summed E-state index contributed by atoms with van der Waals surface area (Å²) in [5.74, 6) is -1.62. The molecule has 1 aromatic rings. The van der Waals surface area contributed by atoms with E-state index in [1.165, 1.54) is 13.8 Å². The Balaban J connectivity index is 2.97. The first kappa shape index (κ1) is 33.3. The van der Waals surface area contributed by atoms with Crippen molar-refractivity contribution in [2.24, 2.45) is 5.92 Å². The van der Waals surface area contributed by atoms with Crippen molar-refractivity contribution in [1.82, 2.24) is 13.7 Å².